The van der Waals surface area contributed by atoms with Crippen LogP contribution in [-0.4, -0.2) is 76.8 Å². The van der Waals surface area contributed by atoms with Crippen molar-refractivity contribution in [1.29, 1.82) is 0 Å². The number of aliphatic hydroxyl groups is 3. The molecule has 0 bridgehead atoms. The van der Waals surface area contributed by atoms with E-state index in [0.29, 0.717) is 19.4 Å². The summed E-state index contributed by atoms with van der Waals surface area (Å²) in [7, 11) is 0. The van der Waals surface area contributed by atoms with Gasteiger partial charge in [-0.3, -0.25) is 9.69 Å². The van der Waals surface area contributed by atoms with E-state index in [9.17, 15) is 15.0 Å². The second-order valence-corrected chi connectivity index (χ2v) is 11.1. The van der Waals surface area contributed by atoms with Gasteiger partial charge in [0.2, 0.25) is 0 Å². The molecule has 1 unspecified atom stereocenters. The van der Waals surface area contributed by atoms with Crippen molar-refractivity contribution in [3.05, 3.63) is 72.3 Å². The molecule has 0 spiro atoms. The average Bonchev–Trinajstić information content (AvgIpc) is 3.32. The first-order valence-electron chi connectivity index (χ1n) is 14.8. The zero-order valence-corrected chi connectivity index (χ0v) is 23.4. The fourth-order valence-electron chi connectivity index (χ4n) is 6.00. The lowest BCUT2D eigenvalue weighted by Crippen LogP contribution is -2.47. The van der Waals surface area contributed by atoms with Crippen molar-refractivity contribution in [2.45, 2.75) is 82.3 Å². The minimum absolute atomic E-state index is 0.00273. The molecule has 2 fully saturated rings. The van der Waals surface area contributed by atoms with Crippen LogP contribution < -0.4 is 0 Å². The van der Waals surface area contributed by atoms with Crippen LogP contribution in [0.1, 0.15) is 56.9 Å². The molecule has 4 rings (SSSR count). The highest BCUT2D eigenvalue weighted by Crippen LogP contribution is 2.38. The maximum Gasteiger partial charge on any atom is 0.306 e. The minimum atomic E-state index is -1.03. The number of allylic oxidation sites excluding steroid dienone is 2. The number of benzene rings is 2. The number of likely N-dealkylation sites (tertiary alicyclic amines) is 1. The summed E-state index contributed by atoms with van der Waals surface area (Å²) in [5, 5.41) is 29.2. The van der Waals surface area contributed by atoms with E-state index >= 15 is 0 Å². The highest BCUT2D eigenvalue weighted by atomic mass is 16.5. The Kier molecular flexibility index (Phi) is 12.2. The topological polar surface area (TPSA) is 99.5 Å². The van der Waals surface area contributed by atoms with Gasteiger partial charge in [0.05, 0.1) is 25.4 Å². The van der Waals surface area contributed by atoms with Crippen molar-refractivity contribution in [2.75, 3.05) is 26.3 Å². The SMILES string of the molecule is O=C(CC/C=C\CC[C@@H]1[C@@H](N2CCCCC2)[C@@H](O)C[C@@H]1OCc1ccc(-c2ccccc2)cc1)OCC(O)CO. The summed E-state index contributed by atoms with van der Waals surface area (Å²) in [6.45, 7) is 1.99. The first-order chi connectivity index (χ1) is 19.5. The maximum absolute atomic E-state index is 11.8. The third-order valence-corrected chi connectivity index (χ3v) is 8.12. The molecule has 218 valence electrons. The Morgan fingerprint density at radius 3 is 2.40 bits per heavy atom. The van der Waals surface area contributed by atoms with Crippen molar-refractivity contribution >= 4 is 5.97 Å². The number of carbonyl (C=O) groups excluding carboxylic acids is 1. The predicted molar refractivity (Wildman–Crippen MR) is 155 cm³/mol. The van der Waals surface area contributed by atoms with Gasteiger partial charge in [-0.05, 0) is 61.9 Å². The van der Waals surface area contributed by atoms with E-state index in [1.54, 1.807) is 0 Å². The van der Waals surface area contributed by atoms with Crippen molar-refractivity contribution in [1.82, 2.24) is 4.90 Å². The van der Waals surface area contributed by atoms with E-state index < -0.39 is 12.7 Å². The van der Waals surface area contributed by atoms with Gasteiger partial charge in [0.1, 0.15) is 12.7 Å². The average molecular weight is 552 g/mol. The van der Waals surface area contributed by atoms with Crippen LogP contribution in [0.25, 0.3) is 11.1 Å². The zero-order chi connectivity index (χ0) is 28.2. The molecular formula is C33H45NO6. The molecule has 3 N–H and O–H groups in total. The van der Waals surface area contributed by atoms with Crippen molar-refractivity contribution < 1.29 is 29.6 Å². The van der Waals surface area contributed by atoms with Gasteiger partial charge >= 0.3 is 5.97 Å². The summed E-state index contributed by atoms with van der Waals surface area (Å²) < 4.78 is 11.4. The van der Waals surface area contributed by atoms with Gasteiger partial charge in [-0.2, -0.15) is 0 Å². The highest BCUT2D eigenvalue weighted by Gasteiger charge is 2.45. The Hall–Kier alpha value is -2.55. The fraction of sp³-hybridized carbons (Fsp3) is 0.545. The zero-order valence-electron chi connectivity index (χ0n) is 23.4. The fourth-order valence-corrected chi connectivity index (χ4v) is 6.00. The lowest BCUT2D eigenvalue weighted by Gasteiger charge is -2.38. The number of rotatable bonds is 14. The van der Waals surface area contributed by atoms with Crippen LogP contribution in [0.5, 0.6) is 0 Å². The first kappa shape index (κ1) is 30.4. The monoisotopic (exact) mass is 551 g/mol. The maximum atomic E-state index is 11.8. The Morgan fingerprint density at radius 2 is 1.68 bits per heavy atom. The quantitative estimate of drug-likeness (QED) is 0.235. The molecule has 40 heavy (non-hydrogen) atoms. The van der Waals surface area contributed by atoms with E-state index in [1.165, 1.54) is 30.4 Å². The molecule has 2 aliphatic rings. The van der Waals surface area contributed by atoms with Gasteiger partial charge in [0.25, 0.3) is 0 Å². The number of carbonyl (C=O) groups is 1. The van der Waals surface area contributed by atoms with Crippen molar-refractivity contribution in [3.8, 4) is 11.1 Å². The Bertz CT molecular complexity index is 1040. The second-order valence-electron chi connectivity index (χ2n) is 11.1. The Balaban J connectivity index is 1.30. The molecule has 1 aliphatic heterocycles. The van der Waals surface area contributed by atoms with Gasteiger partial charge in [-0.1, -0.05) is 73.2 Å². The molecule has 2 aromatic carbocycles. The van der Waals surface area contributed by atoms with Crippen LogP contribution in [0.4, 0.5) is 0 Å². The van der Waals surface area contributed by atoms with Crippen LogP contribution in [0.3, 0.4) is 0 Å². The normalized spacial score (nSPS) is 24.4. The van der Waals surface area contributed by atoms with Gasteiger partial charge in [-0.25, -0.2) is 0 Å². The third-order valence-electron chi connectivity index (χ3n) is 8.12. The van der Waals surface area contributed by atoms with E-state index in [4.69, 9.17) is 14.6 Å². The van der Waals surface area contributed by atoms with Crippen molar-refractivity contribution in [3.63, 3.8) is 0 Å². The lowest BCUT2D eigenvalue weighted by molar-refractivity contribution is -0.147. The number of esters is 1. The molecule has 0 amide bonds. The molecule has 1 saturated carbocycles. The molecule has 1 heterocycles. The second kappa shape index (κ2) is 16.0. The summed E-state index contributed by atoms with van der Waals surface area (Å²) in [6, 6.07) is 19.0. The van der Waals surface area contributed by atoms with Crippen LogP contribution >= 0.6 is 0 Å². The van der Waals surface area contributed by atoms with E-state index in [2.05, 4.69) is 47.4 Å². The predicted octanol–water partition coefficient (Wildman–Crippen LogP) is 4.49. The molecule has 1 aliphatic carbocycles. The van der Waals surface area contributed by atoms with Crippen LogP contribution in [-0.2, 0) is 20.9 Å². The molecule has 0 radical (unpaired) electrons. The van der Waals surface area contributed by atoms with Gasteiger partial charge < -0.3 is 24.8 Å². The largest absolute Gasteiger partial charge is 0.463 e. The molecule has 5 atom stereocenters. The summed E-state index contributed by atoms with van der Waals surface area (Å²) in [4.78, 5) is 14.3. The van der Waals surface area contributed by atoms with Crippen LogP contribution in [0.15, 0.2) is 66.7 Å². The summed E-state index contributed by atoms with van der Waals surface area (Å²) in [6.07, 6.45) is 9.53. The first-order valence-corrected chi connectivity index (χ1v) is 14.8. The van der Waals surface area contributed by atoms with E-state index in [-0.39, 0.29) is 43.2 Å². The molecule has 7 nitrogen and oxygen atoms in total. The number of hydrogen-bond acceptors (Lipinski definition) is 7. The Morgan fingerprint density at radius 1 is 0.975 bits per heavy atom. The number of ether oxygens (including phenoxy) is 2. The smallest absolute Gasteiger partial charge is 0.306 e. The molecule has 2 aromatic rings. The number of hydrogen-bond donors (Lipinski definition) is 3. The van der Waals surface area contributed by atoms with E-state index in [1.807, 2.05) is 24.3 Å². The number of aliphatic hydroxyl groups excluding tert-OH is 3. The molecule has 0 aromatic heterocycles. The molecule has 7 heteroatoms. The molecular weight excluding hydrogens is 506 g/mol. The van der Waals surface area contributed by atoms with Gasteiger partial charge in [0, 0.05) is 24.8 Å². The highest BCUT2D eigenvalue weighted by molar-refractivity contribution is 5.69. The standard InChI is InChI=1S/C33H45NO6/c35-22-28(36)24-40-32(38)14-8-2-1-7-13-29-31(21-30(37)33(29)34-19-9-4-10-20-34)39-23-25-15-17-27(18-16-25)26-11-5-3-6-12-26/h1-3,5-6,11-12,15-18,28-31,33,35-37H,4,7-10,13-14,19-24H2/b2-1-/t28?,29-,30-,31-,33+/m0/s1. The molecule has 1 saturated heterocycles. The van der Waals surface area contributed by atoms with E-state index in [0.717, 1.165) is 31.5 Å². The number of nitrogens with zero attached hydrogens (tertiary/aromatic N) is 1. The Labute approximate surface area is 238 Å². The van der Waals surface area contributed by atoms with Gasteiger partial charge in [0.15, 0.2) is 0 Å². The summed E-state index contributed by atoms with van der Waals surface area (Å²) in [5.41, 5.74) is 3.52. The lowest BCUT2D eigenvalue weighted by atomic mass is 9.92. The summed E-state index contributed by atoms with van der Waals surface area (Å²) >= 11 is 0. The summed E-state index contributed by atoms with van der Waals surface area (Å²) in [5.74, 6) is -0.141. The van der Waals surface area contributed by atoms with Crippen LogP contribution in [0.2, 0.25) is 0 Å². The van der Waals surface area contributed by atoms with Gasteiger partial charge in [-0.15, -0.1) is 0 Å². The minimum Gasteiger partial charge on any atom is -0.463 e. The number of piperidine rings is 1. The van der Waals surface area contributed by atoms with Crippen LogP contribution in [0, 0.1) is 5.92 Å². The third kappa shape index (κ3) is 8.98. The van der Waals surface area contributed by atoms with Crippen molar-refractivity contribution in [2.24, 2.45) is 5.92 Å².